The Hall–Kier alpha value is -2.42. The van der Waals surface area contributed by atoms with Crippen LogP contribution in [-0.4, -0.2) is 14.5 Å². The number of hydrogen-bond donors (Lipinski definition) is 0. The van der Waals surface area contributed by atoms with Crippen molar-refractivity contribution in [3.63, 3.8) is 0 Å². The predicted molar refractivity (Wildman–Crippen MR) is 71.9 cm³/mol. The quantitative estimate of drug-likeness (QED) is 0.683. The van der Waals surface area contributed by atoms with Gasteiger partial charge in [-0.25, -0.2) is 4.98 Å². The van der Waals surface area contributed by atoms with E-state index in [4.69, 9.17) is 0 Å². The minimum Gasteiger partial charge on any atom is -0.333 e. The van der Waals surface area contributed by atoms with Gasteiger partial charge >= 0.3 is 0 Å². The molecule has 3 aromatic rings. The molecule has 0 aliphatic rings. The minimum absolute atomic E-state index is 1.00. The third kappa shape index (κ3) is 1.80. The Morgan fingerprint density at radius 1 is 0.889 bits per heavy atom. The Bertz CT molecular complexity index is 642. The molecule has 2 heterocycles. The number of aryl methyl sites for hydroxylation is 1. The van der Waals surface area contributed by atoms with Crippen LogP contribution in [-0.2, 0) is 7.05 Å². The standard InChI is InChI=1S/C15H13N3/c1-18-11-17-14(12-5-3-2-4-6-12)15(18)13-7-9-16-10-8-13/h2-11H,1H3. The SMILES string of the molecule is Cn1cnc(-c2ccccc2)c1-c1ccncc1. The van der Waals surface area contributed by atoms with E-state index >= 15 is 0 Å². The van der Waals surface area contributed by atoms with Crippen molar-refractivity contribution in [1.29, 1.82) is 0 Å². The van der Waals surface area contributed by atoms with Gasteiger partial charge in [-0.1, -0.05) is 30.3 Å². The fourth-order valence-corrected chi connectivity index (χ4v) is 2.09. The molecule has 2 aromatic heterocycles. The first kappa shape index (κ1) is 10.7. The maximum absolute atomic E-state index is 4.50. The third-order valence-electron chi connectivity index (χ3n) is 2.94. The van der Waals surface area contributed by atoms with Gasteiger partial charge in [-0.3, -0.25) is 4.98 Å². The highest BCUT2D eigenvalue weighted by Gasteiger charge is 2.12. The lowest BCUT2D eigenvalue weighted by molar-refractivity contribution is 0.921. The molecule has 3 nitrogen and oxygen atoms in total. The summed E-state index contributed by atoms with van der Waals surface area (Å²) < 4.78 is 2.04. The maximum atomic E-state index is 4.50. The van der Waals surface area contributed by atoms with Crippen LogP contribution in [0.1, 0.15) is 0 Å². The van der Waals surface area contributed by atoms with Gasteiger partial charge in [0.25, 0.3) is 0 Å². The first-order valence-electron chi connectivity index (χ1n) is 5.83. The summed E-state index contributed by atoms with van der Waals surface area (Å²) >= 11 is 0. The number of benzene rings is 1. The van der Waals surface area contributed by atoms with E-state index in [0.29, 0.717) is 0 Å². The fraction of sp³-hybridized carbons (Fsp3) is 0.0667. The molecule has 88 valence electrons. The molecule has 0 atom stereocenters. The van der Waals surface area contributed by atoms with Crippen LogP contribution in [0.15, 0.2) is 61.2 Å². The zero-order valence-corrected chi connectivity index (χ0v) is 10.1. The minimum atomic E-state index is 1.00. The molecule has 0 saturated carbocycles. The summed E-state index contributed by atoms with van der Waals surface area (Å²) in [5, 5.41) is 0. The molecule has 0 saturated heterocycles. The van der Waals surface area contributed by atoms with Crippen LogP contribution >= 0.6 is 0 Å². The van der Waals surface area contributed by atoms with Crippen LogP contribution in [0.25, 0.3) is 22.5 Å². The number of pyridine rings is 1. The monoisotopic (exact) mass is 235 g/mol. The Labute approximate surface area is 106 Å². The Kier molecular flexibility index (Phi) is 2.65. The van der Waals surface area contributed by atoms with E-state index < -0.39 is 0 Å². The number of rotatable bonds is 2. The molecule has 0 unspecified atom stereocenters. The lowest BCUT2D eigenvalue weighted by Gasteiger charge is -2.06. The van der Waals surface area contributed by atoms with E-state index in [9.17, 15) is 0 Å². The van der Waals surface area contributed by atoms with Gasteiger partial charge in [-0.2, -0.15) is 0 Å². The maximum Gasteiger partial charge on any atom is 0.0963 e. The molecule has 0 fully saturated rings. The van der Waals surface area contributed by atoms with E-state index in [0.717, 1.165) is 22.5 Å². The second-order valence-corrected chi connectivity index (χ2v) is 4.15. The average Bonchev–Trinajstić information content (AvgIpc) is 2.83. The van der Waals surface area contributed by atoms with E-state index in [1.165, 1.54) is 0 Å². The van der Waals surface area contributed by atoms with Gasteiger partial charge in [0, 0.05) is 30.6 Å². The summed E-state index contributed by atoms with van der Waals surface area (Å²) in [5.74, 6) is 0. The second kappa shape index (κ2) is 4.45. The topological polar surface area (TPSA) is 30.7 Å². The lowest BCUT2D eigenvalue weighted by Crippen LogP contribution is -1.91. The van der Waals surface area contributed by atoms with Crippen molar-refractivity contribution in [2.75, 3.05) is 0 Å². The van der Waals surface area contributed by atoms with Gasteiger partial charge < -0.3 is 4.57 Å². The molecule has 3 heteroatoms. The largest absolute Gasteiger partial charge is 0.333 e. The van der Waals surface area contributed by atoms with Crippen molar-refractivity contribution in [1.82, 2.24) is 14.5 Å². The first-order valence-corrected chi connectivity index (χ1v) is 5.83. The molecular formula is C15H13N3. The van der Waals surface area contributed by atoms with Gasteiger partial charge in [0.05, 0.1) is 17.7 Å². The van der Waals surface area contributed by atoms with Gasteiger partial charge in [0.1, 0.15) is 0 Å². The molecule has 0 amide bonds. The van der Waals surface area contributed by atoms with Crippen LogP contribution in [0.3, 0.4) is 0 Å². The van der Waals surface area contributed by atoms with Crippen LogP contribution in [0.2, 0.25) is 0 Å². The highest BCUT2D eigenvalue weighted by Crippen LogP contribution is 2.29. The molecule has 0 spiro atoms. The van der Waals surface area contributed by atoms with E-state index in [-0.39, 0.29) is 0 Å². The van der Waals surface area contributed by atoms with Crippen LogP contribution in [0.5, 0.6) is 0 Å². The van der Waals surface area contributed by atoms with Gasteiger partial charge in [-0.15, -0.1) is 0 Å². The molecule has 0 aliphatic heterocycles. The summed E-state index contributed by atoms with van der Waals surface area (Å²) in [7, 11) is 2.01. The van der Waals surface area contributed by atoms with Gasteiger partial charge in [-0.05, 0) is 12.1 Å². The smallest absolute Gasteiger partial charge is 0.0963 e. The van der Waals surface area contributed by atoms with Crippen molar-refractivity contribution in [3.8, 4) is 22.5 Å². The summed E-state index contributed by atoms with van der Waals surface area (Å²) in [6.45, 7) is 0. The molecule has 0 bridgehead atoms. The van der Waals surface area contributed by atoms with Crippen LogP contribution < -0.4 is 0 Å². The van der Waals surface area contributed by atoms with Crippen molar-refractivity contribution < 1.29 is 0 Å². The number of nitrogens with zero attached hydrogens (tertiary/aromatic N) is 3. The second-order valence-electron chi connectivity index (χ2n) is 4.15. The Morgan fingerprint density at radius 3 is 2.33 bits per heavy atom. The molecule has 3 rings (SSSR count). The Morgan fingerprint density at radius 2 is 1.61 bits per heavy atom. The fourth-order valence-electron chi connectivity index (χ4n) is 2.09. The van der Waals surface area contributed by atoms with E-state index in [1.54, 1.807) is 12.4 Å². The molecule has 0 aliphatic carbocycles. The van der Waals surface area contributed by atoms with Crippen molar-refractivity contribution in [2.24, 2.45) is 7.05 Å². The van der Waals surface area contributed by atoms with Crippen LogP contribution in [0.4, 0.5) is 0 Å². The lowest BCUT2D eigenvalue weighted by atomic mass is 10.1. The summed E-state index contributed by atoms with van der Waals surface area (Å²) in [4.78, 5) is 8.56. The normalized spacial score (nSPS) is 10.5. The highest BCUT2D eigenvalue weighted by atomic mass is 15.0. The molecular weight excluding hydrogens is 222 g/mol. The van der Waals surface area contributed by atoms with Crippen molar-refractivity contribution >= 4 is 0 Å². The van der Waals surface area contributed by atoms with Gasteiger partial charge in [0.2, 0.25) is 0 Å². The third-order valence-corrected chi connectivity index (χ3v) is 2.94. The molecule has 0 N–H and O–H groups in total. The van der Waals surface area contributed by atoms with Crippen LogP contribution in [0, 0.1) is 0 Å². The number of hydrogen-bond acceptors (Lipinski definition) is 2. The molecule has 18 heavy (non-hydrogen) atoms. The van der Waals surface area contributed by atoms with Crippen molar-refractivity contribution in [2.45, 2.75) is 0 Å². The van der Waals surface area contributed by atoms with E-state index in [2.05, 4.69) is 22.1 Å². The van der Waals surface area contributed by atoms with Crippen molar-refractivity contribution in [3.05, 3.63) is 61.2 Å². The summed E-state index contributed by atoms with van der Waals surface area (Å²) in [5.41, 5.74) is 4.38. The van der Waals surface area contributed by atoms with E-state index in [1.807, 2.05) is 48.3 Å². The number of imidazole rings is 1. The average molecular weight is 235 g/mol. The zero-order chi connectivity index (χ0) is 12.4. The Balaban J connectivity index is 2.19. The first-order chi connectivity index (χ1) is 8.86. The molecule has 1 aromatic carbocycles. The zero-order valence-electron chi connectivity index (χ0n) is 10.1. The molecule has 0 radical (unpaired) electrons. The number of aromatic nitrogens is 3. The summed E-state index contributed by atoms with van der Waals surface area (Å²) in [6, 6.07) is 14.2. The highest BCUT2D eigenvalue weighted by molar-refractivity contribution is 5.78. The predicted octanol–water partition coefficient (Wildman–Crippen LogP) is 3.15. The summed E-state index contributed by atoms with van der Waals surface area (Å²) in [6.07, 6.45) is 5.45. The van der Waals surface area contributed by atoms with Gasteiger partial charge in [0.15, 0.2) is 0 Å².